The summed E-state index contributed by atoms with van der Waals surface area (Å²) in [5, 5.41) is 0. The van der Waals surface area contributed by atoms with Crippen molar-refractivity contribution in [3.63, 3.8) is 0 Å². The van der Waals surface area contributed by atoms with Crippen LogP contribution in [0.15, 0.2) is 42.5 Å². The molecule has 0 spiro atoms. The van der Waals surface area contributed by atoms with Crippen LogP contribution in [-0.4, -0.2) is 67.3 Å². The van der Waals surface area contributed by atoms with E-state index in [1.807, 2.05) is 4.90 Å². The fourth-order valence-electron chi connectivity index (χ4n) is 6.37. The van der Waals surface area contributed by atoms with Gasteiger partial charge in [-0.2, -0.15) is 13.2 Å². The third-order valence-corrected chi connectivity index (χ3v) is 8.46. The average Bonchev–Trinajstić information content (AvgIpc) is 3.23. The van der Waals surface area contributed by atoms with Gasteiger partial charge in [0.1, 0.15) is 5.82 Å². The monoisotopic (exact) mass is 522 g/mol. The molecule has 9 heteroatoms. The summed E-state index contributed by atoms with van der Waals surface area (Å²) in [5.41, 5.74) is -1.79. The number of benzene rings is 2. The van der Waals surface area contributed by atoms with Gasteiger partial charge in [0.15, 0.2) is 0 Å². The lowest BCUT2D eigenvalue weighted by Gasteiger charge is -2.44. The SMILES string of the molecule is CC(F)(c1ccc2c(c1)CC[C@H]1N(CC(=O)N3CCOCC3)CC[C@@]21Cc1ccc(F)cc1)C(F)(F)F. The van der Waals surface area contributed by atoms with Crippen molar-refractivity contribution in [2.45, 2.75) is 55.9 Å². The summed E-state index contributed by atoms with van der Waals surface area (Å²) in [6.07, 6.45) is -2.63. The minimum atomic E-state index is -5.02. The highest BCUT2D eigenvalue weighted by Crippen LogP contribution is 2.51. The van der Waals surface area contributed by atoms with E-state index >= 15 is 0 Å². The minimum absolute atomic E-state index is 0.0136. The smallest absolute Gasteiger partial charge is 0.378 e. The van der Waals surface area contributed by atoms with E-state index in [4.69, 9.17) is 4.74 Å². The van der Waals surface area contributed by atoms with Crippen molar-refractivity contribution in [2.75, 3.05) is 39.4 Å². The summed E-state index contributed by atoms with van der Waals surface area (Å²) in [5.74, 6) is -0.301. The van der Waals surface area contributed by atoms with Crippen molar-refractivity contribution in [2.24, 2.45) is 0 Å². The van der Waals surface area contributed by atoms with Crippen LogP contribution >= 0.6 is 0 Å². The van der Waals surface area contributed by atoms with E-state index < -0.39 is 22.8 Å². The first-order valence-electron chi connectivity index (χ1n) is 12.7. The molecule has 4 nitrogen and oxygen atoms in total. The number of carbonyl (C=O) groups is 1. The fourth-order valence-corrected chi connectivity index (χ4v) is 6.37. The summed E-state index contributed by atoms with van der Waals surface area (Å²) in [6.45, 7) is 3.64. The quantitative estimate of drug-likeness (QED) is 0.522. The molecule has 1 unspecified atom stereocenters. The number of hydrogen-bond acceptors (Lipinski definition) is 3. The minimum Gasteiger partial charge on any atom is -0.378 e. The van der Waals surface area contributed by atoms with Gasteiger partial charge in [-0.3, -0.25) is 9.69 Å². The van der Waals surface area contributed by atoms with Gasteiger partial charge < -0.3 is 9.64 Å². The van der Waals surface area contributed by atoms with Gasteiger partial charge >= 0.3 is 6.18 Å². The number of halogens is 5. The molecule has 5 rings (SSSR count). The molecule has 3 atom stereocenters. The zero-order chi connectivity index (χ0) is 26.4. The van der Waals surface area contributed by atoms with Crippen molar-refractivity contribution >= 4 is 5.91 Å². The Morgan fingerprint density at radius 2 is 1.76 bits per heavy atom. The topological polar surface area (TPSA) is 32.8 Å². The van der Waals surface area contributed by atoms with Crippen LogP contribution in [0, 0.1) is 5.82 Å². The summed E-state index contributed by atoms with van der Waals surface area (Å²) >= 11 is 0. The van der Waals surface area contributed by atoms with E-state index in [0.29, 0.717) is 71.0 Å². The second-order valence-corrected chi connectivity index (χ2v) is 10.6. The van der Waals surface area contributed by atoms with Crippen LogP contribution in [0.3, 0.4) is 0 Å². The normalized spacial score (nSPS) is 25.9. The maximum absolute atomic E-state index is 14.8. The summed E-state index contributed by atoms with van der Waals surface area (Å²) in [6, 6.07) is 10.5. The second kappa shape index (κ2) is 9.66. The number of morpholine rings is 1. The van der Waals surface area contributed by atoms with Gasteiger partial charge in [0.2, 0.25) is 11.6 Å². The third-order valence-electron chi connectivity index (χ3n) is 8.46. The standard InChI is InChI=1S/C28H31F5N2O2/c1-26(30,28(31,32)33)21-5-8-23-20(16-21)4-9-24-27(23,17-19-2-6-22(29)7-3-19)10-11-35(24)18-25(36)34-12-14-37-15-13-34/h2-3,5-8,16,24H,4,9-15,17-18H2,1H3/t24-,26?,27-/m1/s1. The molecule has 1 aliphatic carbocycles. The van der Waals surface area contributed by atoms with E-state index in [0.717, 1.165) is 11.1 Å². The van der Waals surface area contributed by atoms with Gasteiger partial charge in [-0.25, -0.2) is 8.78 Å². The average molecular weight is 523 g/mol. The maximum Gasteiger partial charge on any atom is 0.426 e. The molecule has 0 aromatic heterocycles. The van der Waals surface area contributed by atoms with E-state index in [-0.39, 0.29) is 24.3 Å². The Kier molecular flexibility index (Phi) is 6.81. The van der Waals surface area contributed by atoms with Crippen molar-refractivity contribution in [3.8, 4) is 0 Å². The van der Waals surface area contributed by atoms with Crippen LogP contribution in [0.25, 0.3) is 0 Å². The van der Waals surface area contributed by atoms with Crippen LogP contribution in [-0.2, 0) is 33.5 Å². The largest absolute Gasteiger partial charge is 0.426 e. The number of hydrogen-bond donors (Lipinski definition) is 0. The molecule has 1 amide bonds. The van der Waals surface area contributed by atoms with Crippen LogP contribution in [0.5, 0.6) is 0 Å². The number of fused-ring (bicyclic) bond motifs is 3. The summed E-state index contributed by atoms with van der Waals surface area (Å²) in [7, 11) is 0. The number of rotatable bonds is 5. The Hall–Kier alpha value is -2.52. The maximum atomic E-state index is 14.8. The molecule has 2 fully saturated rings. The van der Waals surface area contributed by atoms with Crippen molar-refractivity contribution in [3.05, 3.63) is 70.5 Å². The van der Waals surface area contributed by atoms with Gasteiger partial charge in [0, 0.05) is 24.5 Å². The van der Waals surface area contributed by atoms with Crippen LogP contribution in [0.1, 0.15) is 42.0 Å². The molecule has 2 saturated heterocycles. The predicted octanol–water partition coefficient (Wildman–Crippen LogP) is 4.93. The number of alkyl halides is 4. The summed E-state index contributed by atoms with van der Waals surface area (Å²) in [4.78, 5) is 17.1. The summed E-state index contributed by atoms with van der Waals surface area (Å²) < 4.78 is 74.1. The molecule has 0 N–H and O–H groups in total. The van der Waals surface area contributed by atoms with Crippen LogP contribution < -0.4 is 0 Å². The van der Waals surface area contributed by atoms with Gasteiger partial charge in [-0.15, -0.1) is 0 Å². The molecule has 37 heavy (non-hydrogen) atoms. The first-order valence-corrected chi connectivity index (χ1v) is 12.7. The Morgan fingerprint density at radius 3 is 2.43 bits per heavy atom. The van der Waals surface area contributed by atoms with E-state index in [1.54, 1.807) is 18.2 Å². The van der Waals surface area contributed by atoms with Crippen LogP contribution in [0.4, 0.5) is 22.0 Å². The van der Waals surface area contributed by atoms with Crippen molar-refractivity contribution in [1.29, 1.82) is 0 Å². The predicted molar refractivity (Wildman–Crippen MR) is 128 cm³/mol. The molecule has 0 saturated carbocycles. The zero-order valence-electron chi connectivity index (χ0n) is 20.8. The number of ether oxygens (including phenoxy) is 1. The Bertz CT molecular complexity index is 1140. The Balaban J connectivity index is 1.49. The van der Waals surface area contributed by atoms with E-state index in [1.165, 1.54) is 24.3 Å². The number of carbonyl (C=O) groups excluding carboxylic acids is 1. The van der Waals surface area contributed by atoms with Crippen molar-refractivity contribution < 1.29 is 31.5 Å². The fraction of sp³-hybridized carbons (Fsp3) is 0.536. The lowest BCUT2D eigenvalue weighted by molar-refractivity contribution is -0.228. The van der Waals surface area contributed by atoms with E-state index in [9.17, 15) is 26.7 Å². The zero-order valence-corrected chi connectivity index (χ0v) is 20.8. The van der Waals surface area contributed by atoms with Gasteiger partial charge in [0.25, 0.3) is 0 Å². The number of amides is 1. The van der Waals surface area contributed by atoms with Gasteiger partial charge in [0.05, 0.1) is 19.8 Å². The first-order chi connectivity index (χ1) is 17.5. The number of aryl methyl sites for hydroxylation is 1. The molecule has 2 aliphatic heterocycles. The molecule has 2 aromatic carbocycles. The molecule has 200 valence electrons. The number of nitrogens with zero attached hydrogens (tertiary/aromatic N) is 2. The highest BCUT2D eigenvalue weighted by molar-refractivity contribution is 5.78. The highest BCUT2D eigenvalue weighted by atomic mass is 19.4. The third kappa shape index (κ3) is 4.76. The van der Waals surface area contributed by atoms with Gasteiger partial charge in [-0.05, 0) is 73.5 Å². The van der Waals surface area contributed by atoms with E-state index in [2.05, 4.69) is 4.90 Å². The molecule has 2 aromatic rings. The second-order valence-electron chi connectivity index (χ2n) is 10.6. The first kappa shape index (κ1) is 26.1. The molecular weight excluding hydrogens is 491 g/mol. The Morgan fingerprint density at radius 1 is 1.05 bits per heavy atom. The lowest BCUT2D eigenvalue weighted by atomic mass is 9.63. The molecule has 3 aliphatic rings. The van der Waals surface area contributed by atoms with Gasteiger partial charge in [-0.1, -0.05) is 30.3 Å². The van der Waals surface area contributed by atoms with Crippen molar-refractivity contribution in [1.82, 2.24) is 9.80 Å². The molecular formula is C28H31F5N2O2. The molecule has 0 bridgehead atoms. The molecule has 2 heterocycles. The highest BCUT2D eigenvalue weighted by Gasteiger charge is 2.55. The molecule has 0 radical (unpaired) electrons. The number of likely N-dealkylation sites (tertiary alicyclic amines) is 1. The Labute approximate surface area is 213 Å². The van der Waals surface area contributed by atoms with Crippen LogP contribution in [0.2, 0.25) is 0 Å². The lowest BCUT2D eigenvalue weighted by Crippen LogP contribution is -2.51.